The predicted molar refractivity (Wildman–Crippen MR) is 93.9 cm³/mol. The molecule has 5 nitrogen and oxygen atoms in total. The van der Waals surface area contributed by atoms with Gasteiger partial charge in [0.05, 0.1) is 6.54 Å². The molecule has 0 saturated heterocycles. The van der Waals surface area contributed by atoms with Crippen LogP contribution in [0, 0.1) is 0 Å². The first-order valence-corrected chi connectivity index (χ1v) is 7.85. The van der Waals surface area contributed by atoms with E-state index in [2.05, 4.69) is 15.6 Å². The highest BCUT2D eigenvalue weighted by atomic mass is 16.5. The third-order valence-corrected chi connectivity index (χ3v) is 3.54. The summed E-state index contributed by atoms with van der Waals surface area (Å²) in [5.41, 5.74) is 1.89. The Bertz CT molecular complexity index is 801. The van der Waals surface area contributed by atoms with Gasteiger partial charge in [0.25, 0.3) is 0 Å². The van der Waals surface area contributed by atoms with E-state index in [-0.39, 0.29) is 6.03 Å². The Morgan fingerprint density at radius 2 is 1.79 bits per heavy atom. The van der Waals surface area contributed by atoms with E-state index in [4.69, 9.17) is 4.74 Å². The number of nitrogens with zero attached hydrogens (tertiary/aromatic N) is 1. The molecule has 5 heteroatoms. The summed E-state index contributed by atoms with van der Waals surface area (Å²) < 4.78 is 5.73. The summed E-state index contributed by atoms with van der Waals surface area (Å²) >= 11 is 0. The number of carbonyl (C=O) groups is 1. The summed E-state index contributed by atoms with van der Waals surface area (Å²) in [7, 11) is 0. The molecule has 3 aromatic rings. The first-order valence-electron chi connectivity index (χ1n) is 7.85. The number of fused-ring (bicyclic) bond motifs is 1. The fraction of sp³-hybridized carbons (Fsp3) is 0.158. The van der Waals surface area contributed by atoms with Gasteiger partial charge in [-0.2, -0.15) is 0 Å². The minimum atomic E-state index is -0.210. The third kappa shape index (κ3) is 4.23. The van der Waals surface area contributed by atoms with E-state index in [1.807, 2.05) is 60.7 Å². The third-order valence-electron chi connectivity index (χ3n) is 3.54. The normalized spacial score (nSPS) is 10.3. The quantitative estimate of drug-likeness (QED) is 0.686. The number of rotatable bonds is 6. The molecule has 2 aromatic carbocycles. The number of hydrogen-bond acceptors (Lipinski definition) is 3. The van der Waals surface area contributed by atoms with Crippen LogP contribution in [0.25, 0.3) is 10.9 Å². The van der Waals surface area contributed by atoms with Crippen molar-refractivity contribution in [3.05, 3.63) is 72.4 Å². The first kappa shape index (κ1) is 15.8. The lowest BCUT2D eigenvalue weighted by Crippen LogP contribution is -2.37. The number of para-hydroxylation sites is 1. The fourth-order valence-corrected chi connectivity index (χ4v) is 2.36. The molecule has 0 aliphatic heterocycles. The first-order chi connectivity index (χ1) is 11.8. The molecule has 3 rings (SSSR count). The van der Waals surface area contributed by atoms with E-state index in [1.54, 1.807) is 6.20 Å². The average molecular weight is 321 g/mol. The second-order valence-electron chi connectivity index (χ2n) is 5.27. The van der Waals surface area contributed by atoms with E-state index < -0.39 is 0 Å². The zero-order valence-electron chi connectivity index (χ0n) is 13.2. The van der Waals surface area contributed by atoms with E-state index in [9.17, 15) is 4.79 Å². The maximum Gasteiger partial charge on any atom is 0.315 e. The van der Waals surface area contributed by atoms with Crippen LogP contribution < -0.4 is 15.4 Å². The molecular weight excluding hydrogens is 302 g/mol. The Morgan fingerprint density at radius 1 is 0.958 bits per heavy atom. The van der Waals surface area contributed by atoms with Gasteiger partial charge < -0.3 is 15.4 Å². The maximum atomic E-state index is 11.7. The highest BCUT2D eigenvalue weighted by molar-refractivity contribution is 5.84. The van der Waals surface area contributed by atoms with Crippen molar-refractivity contribution in [1.82, 2.24) is 15.6 Å². The molecular formula is C19H19N3O2. The van der Waals surface area contributed by atoms with E-state index in [0.717, 1.165) is 22.2 Å². The number of pyridine rings is 1. The summed E-state index contributed by atoms with van der Waals surface area (Å²) in [5.74, 6) is 0.722. The van der Waals surface area contributed by atoms with Crippen LogP contribution in [0.3, 0.4) is 0 Å². The molecule has 122 valence electrons. The lowest BCUT2D eigenvalue weighted by Gasteiger charge is -2.10. The van der Waals surface area contributed by atoms with Crippen molar-refractivity contribution in [2.24, 2.45) is 0 Å². The molecule has 0 spiro atoms. The Labute approximate surface area is 140 Å². The smallest absolute Gasteiger partial charge is 0.315 e. The van der Waals surface area contributed by atoms with Gasteiger partial charge >= 0.3 is 6.03 Å². The average Bonchev–Trinajstić information content (AvgIpc) is 2.64. The minimum absolute atomic E-state index is 0.210. The highest BCUT2D eigenvalue weighted by Gasteiger charge is 2.03. The van der Waals surface area contributed by atoms with Crippen LogP contribution in [0.2, 0.25) is 0 Å². The Kier molecular flexibility index (Phi) is 5.24. The molecule has 0 aliphatic rings. The minimum Gasteiger partial charge on any atom is -0.489 e. The largest absolute Gasteiger partial charge is 0.489 e. The number of aromatic nitrogens is 1. The predicted octanol–water partition coefficient (Wildman–Crippen LogP) is 3.11. The zero-order valence-corrected chi connectivity index (χ0v) is 13.2. The lowest BCUT2D eigenvalue weighted by molar-refractivity contribution is 0.236. The molecule has 2 amide bonds. The van der Waals surface area contributed by atoms with Crippen LogP contribution in [0.5, 0.6) is 5.75 Å². The van der Waals surface area contributed by atoms with Crippen LogP contribution >= 0.6 is 0 Å². The molecule has 0 aliphatic carbocycles. The van der Waals surface area contributed by atoms with Gasteiger partial charge in [-0.1, -0.05) is 48.5 Å². The number of benzene rings is 2. The Hall–Kier alpha value is -3.08. The lowest BCUT2D eigenvalue weighted by atomic mass is 10.2. The summed E-state index contributed by atoms with van der Waals surface area (Å²) in [4.78, 5) is 16.1. The van der Waals surface area contributed by atoms with Crippen LogP contribution in [0.1, 0.15) is 5.56 Å². The van der Waals surface area contributed by atoms with Crippen LogP contribution in [0.15, 0.2) is 66.9 Å². The fourth-order valence-electron chi connectivity index (χ4n) is 2.36. The standard InChI is InChI=1S/C19H19N3O2/c23-19(22-14-15-6-2-1-3-7-15)21-12-13-24-17-10-4-8-16-9-5-11-20-18(16)17/h1-11H,12-14H2,(H2,21,22,23). The van der Waals surface area contributed by atoms with Gasteiger partial charge in [-0.15, -0.1) is 0 Å². The summed E-state index contributed by atoms with van der Waals surface area (Å²) in [6, 6.07) is 19.3. The van der Waals surface area contributed by atoms with Crippen molar-refractivity contribution < 1.29 is 9.53 Å². The molecule has 0 atom stereocenters. The Balaban J connectivity index is 1.42. The summed E-state index contributed by atoms with van der Waals surface area (Å²) in [5, 5.41) is 6.62. The monoisotopic (exact) mass is 321 g/mol. The highest BCUT2D eigenvalue weighted by Crippen LogP contribution is 2.22. The van der Waals surface area contributed by atoms with E-state index in [1.165, 1.54) is 0 Å². The van der Waals surface area contributed by atoms with Gasteiger partial charge in [0.15, 0.2) is 0 Å². The summed E-state index contributed by atoms with van der Waals surface area (Å²) in [6.07, 6.45) is 1.74. The number of carbonyl (C=O) groups excluding carboxylic acids is 1. The topological polar surface area (TPSA) is 63.2 Å². The number of nitrogens with one attached hydrogen (secondary N) is 2. The second-order valence-corrected chi connectivity index (χ2v) is 5.27. The number of ether oxygens (including phenoxy) is 1. The Morgan fingerprint density at radius 3 is 2.67 bits per heavy atom. The second kappa shape index (κ2) is 7.97. The van der Waals surface area contributed by atoms with Crippen molar-refractivity contribution in [2.45, 2.75) is 6.54 Å². The van der Waals surface area contributed by atoms with Crippen molar-refractivity contribution >= 4 is 16.9 Å². The number of hydrogen-bond donors (Lipinski definition) is 2. The van der Waals surface area contributed by atoms with Gasteiger partial charge in [-0.05, 0) is 17.7 Å². The van der Waals surface area contributed by atoms with Gasteiger partial charge in [0.1, 0.15) is 17.9 Å². The molecule has 0 unspecified atom stereocenters. The molecule has 0 saturated carbocycles. The van der Waals surface area contributed by atoms with Crippen molar-refractivity contribution in [3.8, 4) is 5.75 Å². The van der Waals surface area contributed by atoms with Crippen LogP contribution in [-0.4, -0.2) is 24.2 Å². The maximum absolute atomic E-state index is 11.7. The molecule has 0 radical (unpaired) electrons. The molecule has 0 fully saturated rings. The molecule has 24 heavy (non-hydrogen) atoms. The van der Waals surface area contributed by atoms with Gasteiger partial charge in [0.2, 0.25) is 0 Å². The van der Waals surface area contributed by atoms with Gasteiger partial charge in [0, 0.05) is 18.1 Å². The van der Waals surface area contributed by atoms with E-state index >= 15 is 0 Å². The van der Waals surface area contributed by atoms with Crippen molar-refractivity contribution in [2.75, 3.05) is 13.2 Å². The van der Waals surface area contributed by atoms with E-state index in [0.29, 0.717) is 19.7 Å². The zero-order chi connectivity index (χ0) is 16.6. The number of amides is 2. The SMILES string of the molecule is O=C(NCCOc1cccc2cccnc12)NCc1ccccc1. The van der Waals surface area contributed by atoms with Crippen LogP contribution in [0.4, 0.5) is 4.79 Å². The van der Waals surface area contributed by atoms with Crippen molar-refractivity contribution in [1.29, 1.82) is 0 Å². The van der Waals surface area contributed by atoms with Crippen molar-refractivity contribution in [3.63, 3.8) is 0 Å². The molecule has 0 bridgehead atoms. The number of urea groups is 1. The molecule has 1 aromatic heterocycles. The van der Waals surface area contributed by atoms with Gasteiger partial charge in [-0.3, -0.25) is 4.98 Å². The van der Waals surface area contributed by atoms with Gasteiger partial charge in [-0.25, -0.2) is 4.79 Å². The molecule has 2 N–H and O–H groups in total. The summed E-state index contributed by atoms with van der Waals surface area (Å²) in [6.45, 7) is 1.30. The molecule has 1 heterocycles. The van der Waals surface area contributed by atoms with Crippen LogP contribution in [-0.2, 0) is 6.54 Å².